The second-order valence-corrected chi connectivity index (χ2v) is 4.82. The average molecular weight is 237 g/mol. The van der Waals surface area contributed by atoms with Gasteiger partial charge in [0.15, 0.2) is 0 Å². The maximum absolute atomic E-state index is 12.1. The predicted octanol–water partition coefficient (Wildman–Crippen LogP) is 1.97. The van der Waals surface area contributed by atoms with Gasteiger partial charge >= 0.3 is 0 Å². The first-order valence-electron chi connectivity index (χ1n) is 5.55. The first-order valence-corrected chi connectivity index (χ1v) is 6.37. The van der Waals surface area contributed by atoms with E-state index in [1.165, 1.54) is 15.9 Å². The van der Waals surface area contributed by atoms with Crippen molar-refractivity contribution in [3.05, 3.63) is 26.6 Å². The minimum atomic E-state index is -0.0106. The molecule has 2 aromatic heterocycles. The normalized spacial score (nSPS) is 11.2. The van der Waals surface area contributed by atoms with E-state index in [4.69, 9.17) is 0 Å². The second-order valence-electron chi connectivity index (χ2n) is 3.77. The molecule has 0 atom stereocenters. The molecule has 2 heterocycles. The molecule has 0 bridgehead atoms. The van der Waals surface area contributed by atoms with Crippen LogP contribution in [0.2, 0.25) is 0 Å². The second kappa shape index (κ2) is 4.33. The van der Waals surface area contributed by atoms with Crippen LogP contribution < -0.4 is 5.56 Å². The van der Waals surface area contributed by atoms with Crippen molar-refractivity contribution in [3.63, 3.8) is 0 Å². The van der Waals surface area contributed by atoms with Gasteiger partial charge in [0.05, 0.1) is 0 Å². The van der Waals surface area contributed by atoms with Crippen molar-refractivity contribution in [1.29, 1.82) is 0 Å². The Morgan fingerprint density at radius 1 is 1.38 bits per heavy atom. The van der Waals surface area contributed by atoms with Gasteiger partial charge < -0.3 is 0 Å². The van der Waals surface area contributed by atoms with Gasteiger partial charge in [-0.3, -0.25) is 4.79 Å². The van der Waals surface area contributed by atoms with Crippen LogP contribution in [0, 0.1) is 6.92 Å². The van der Waals surface area contributed by atoms with E-state index < -0.39 is 0 Å². The highest BCUT2D eigenvalue weighted by Gasteiger charge is 2.11. The number of aryl methyl sites for hydroxylation is 2. The number of fused-ring (bicyclic) bond motifs is 1. The number of aromatic nitrogens is 3. The average Bonchev–Trinajstić information content (AvgIpc) is 2.62. The van der Waals surface area contributed by atoms with E-state index >= 15 is 0 Å². The highest BCUT2D eigenvalue weighted by Crippen LogP contribution is 2.14. The first-order chi connectivity index (χ1) is 7.67. The largest absolute Gasteiger partial charge is 0.278 e. The molecular formula is C11H15N3OS. The molecule has 86 valence electrons. The molecule has 16 heavy (non-hydrogen) atoms. The molecule has 0 N–H and O–H groups in total. The molecule has 0 aliphatic rings. The maximum atomic E-state index is 12.1. The Kier molecular flexibility index (Phi) is 3.05. The molecule has 0 radical (unpaired) electrons. The van der Waals surface area contributed by atoms with Gasteiger partial charge in [0.1, 0.15) is 5.01 Å². The Bertz CT molecular complexity index is 570. The van der Waals surface area contributed by atoms with Crippen LogP contribution in [-0.4, -0.2) is 14.6 Å². The van der Waals surface area contributed by atoms with Crippen LogP contribution in [-0.2, 0) is 12.8 Å². The molecule has 0 fully saturated rings. The summed E-state index contributed by atoms with van der Waals surface area (Å²) in [7, 11) is 0. The fourth-order valence-electron chi connectivity index (χ4n) is 1.74. The quantitative estimate of drug-likeness (QED) is 0.820. The van der Waals surface area contributed by atoms with Gasteiger partial charge in [0.25, 0.3) is 5.56 Å². The summed E-state index contributed by atoms with van der Waals surface area (Å²) in [5.41, 5.74) is 1.59. The molecule has 0 aromatic carbocycles. The van der Waals surface area contributed by atoms with E-state index in [1.807, 2.05) is 13.8 Å². The molecule has 5 heteroatoms. The number of nitrogens with zero attached hydrogens (tertiary/aromatic N) is 3. The zero-order valence-corrected chi connectivity index (χ0v) is 10.6. The van der Waals surface area contributed by atoms with E-state index in [9.17, 15) is 4.79 Å². The van der Waals surface area contributed by atoms with Crippen LogP contribution in [0.15, 0.2) is 4.79 Å². The Balaban J connectivity index is 2.68. The van der Waals surface area contributed by atoms with E-state index in [2.05, 4.69) is 17.0 Å². The third kappa shape index (κ3) is 1.75. The molecule has 0 spiro atoms. The third-order valence-electron chi connectivity index (χ3n) is 2.57. The summed E-state index contributed by atoms with van der Waals surface area (Å²) >= 11 is 1.51. The topological polar surface area (TPSA) is 47.3 Å². The smallest absolute Gasteiger partial charge is 0.267 e. The zero-order chi connectivity index (χ0) is 11.7. The third-order valence-corrected chi connectivity index (χ3v) is 3.54. The monoisotopic (exact) mass is 237 g/mol. The summed E-state index contributed by atoms with van der Waals surface area (Å²) < 4.78 is 1.45. The highest BCUT2D eigenvalue weighted by atomic mass is 32.1. The van der Waals surface area contributed by atoms with Gasteiger partial charge in [-0.15, -0.1) is 0 Å². The van der Waals surface area contributed by atoms with Crippen molar-refractivity contribution >= 4 is 16.3 Å². The van der Waals surface area contributed by atoms with Crippen molar-refractivity contribution in [2.24, 2.45) is 0 Å². The number of hydrogen-bond donors (Lipinski definition) is 0. The van der Waals surface area contributed by atoms with E-state index in [0.29, 0.717) is 11.4 Å². The van der Waals surface area contributed by atoms with Gasteiger partial charge in [0.2, 0.25) is 4.96 Å². The van der Waals surface area contributed by atoms with Gasteiger partial charge in [0, 0.05) is 17.7 Å². The molecule has 4 nitrogen and oxygen atoms in total. The summed E-state index contributed by atoms with van der Waals surface area (Å²) in [6, 6.07) is 0. The molecule has 0 aliphatic heterocycles. The molecule has 2 rings (SSSR count). The molecule has 0 amide bonds. The lowest BCUT2D eigenvalue weighted by Gasteiger charge is -1.99. The molecule has 2 aromatic rings. The molecular weight excluding hydrogens is 222 g/mol. The molecule has 0 saturated heterocycles. The van der Waals surface area contributed by atoms with Crippen LogP contribution in [0.1, 0.15) is 36.5 Å². The highest BCUT2D eigenvalue weighted by molar-refractivity contribution is 7.16. The Labute approximate surface area is 98.0 Å². The van der Waals surface area contributed by atoms with Gasteiger partial charge in [-0.25, -0.2) is 4.98 Å². The van der Waals surface area contributed by atoms with Crippen molar-refractivity contribution in [2.45, 2.75) is 40.0 Å². The minimum absolute atomic E-state index is 0.0106. The summed E-state index contributed by atoms with van der Waals surface area (Å²) in [6.45, 7) is 5.96. The summed E-state index contributed by atoms with van der Waals surface area (Å²) in [4.78, 5) is 17.2. The van der Waals surface area contributed by atoms with Gasteiger partial charge in [-0.05, 0) is 19.8 Å². The van der Waals surface area contributed by atoms with Crippen LogP contribution in [0.4, 0.5) is 0 Å². The molecule has 0 saturated carbocycles. The molecule has 0 unspecified atom stereocenters. The van der Waals surface area contributed by atoms with E-state index in [0.717, 1.165) is 29.1 Å². The van der Waals surface area contributed by atoms with Crippen molar-refractivity contribution in [3.8, 4) is 0 Å². The van der Waals surface area contributed by atoms with Crippen LogP contribution in [0.25, 0.3) is 4.96 Å². The summed E-state index contributed by atoms with van der Waals surface area (Å²) in [6.07, 6.45) is 2.66. The minimum Gasteiger partial charge on any atom is -0.267 e. The summed E-state index contributed by atoms with van der Waals surface area (Å²) in [5, 5.41) is 5.30. The Morgan fingerprint density at radius 3 is 2.75 bits per heavy atom. The SMILES string of the molecule is CCCc1nn2c(=O)c(CC)c(C)nc2s1. The van der Waals surface area contributed by atoms with E-state index in [1.54, 1.807) is 0 Å². The zero-order valence-electron chi connectivity index (χ0n) is 9.78. The van der Waals surface area contributed by atoms with Crippen molar-refractivity contribution < 1.29 is 0 Å². The lowest BCUT2D eigenvalue weighted by atomic mass is 10.2. The standard InChI is InChI=1S/C11H15N3OS/c1-4-6-9-13-14-10(15)8(5-2)7(3)12-11(14)16-9/h4-6H2,1-3H3. The van der Waals surface area contributed by atoms with Gasteiger partial charge in [-0.1, -0.05) is 25.2 Å². The number of rotatable bonds is 3. The first kappa shape index (κ1) is 11.3. The number of hydrogen-bond acceptors (Lipinski definition) is 4. The van der Waals surface area contributed by atoms with Crippen molar-refractivity contribution in [2.75, 3.05) is 0 Å². The Morgan fingerprint density at radius 2 is 2.12 bits per heavy atom. The van der Waals surface area contributed by atoms with E-state index in [-0.39, 0.29) is 5.56 Å². The fraction of sp³-hybridized carbons (Fsp3) is 0.545. The van der Waals surface area contributed by atoms with Crippen molar-refractivity contribution in [1.82, 2.24) is 14.6 Å². The lowest BCUT2D eigenvalue weighted by Crippen LogP contribution is -2.21. The van der Waals surface area contributed by atoms with Crippen LogP contribution in [0.3, 0.4) is 0 Å². The fourth-order valence-corrected chi connectivity index (χ4v) is 2.77. The Hall–Kier alpha value is -1.23. The maximum Gasteiger partial charge on any atom is 0.278 e. The molecule has 0 aliphatic carbocycles. The van der Waals surface area contributed by atoms with Crippen LogP contribution >= 0.6 is 11.3 Å². The van der Waals surface area contributed by atoms with Crippen LogP contribution in [0.5, 0.6) is 0 Å². The lowest BCUT2D eigenvalue weighted by molar-refractivity contribution is 0.804. The van der Waals surface area contributed by atoms with Gasteiger partial charge in [-0.2, -0.15) is 9.61 Å². The predicted molar refractivity (Wildman–Crippen MR) is 65.2 cm³/mol. The summed E-state index contributed by atoms with van der Waals surface area (Å²) in [5.74, 6) is 0.